The van der Waals surface area contributed by atoms with Crippen LogP contribution in [-0.4, -0.2) is 12.7 Å². The quantitative estimate of drug-likeness (QED) is 0.601. The van der Waals surface area contributed by atoms with Crippen molar-refractivity contribution in [3.05, 3.63) is 48.0 Å². The van der Waals surface area contributed by atoms with Gasteiger partial charge < -0.3 is 5.32 Å². The number of nitrogens with one attached hydrogen (secondary N) is 1. The summed E-state index contributed by atoms with van der Waals surface area (Å²) >= 11 is 0. The van der Waals surface area contributed by atoms with E-state index in [1.165, 1.54) is 0 Å². The third-order valence-electron chi connectivity index (χ3n) is 1.74. The first-order valence-corrected chi connectivity index (χ1v) is 4.57. The fourth-order valence-corrected chi connectivity index (χ4v) is 1.09. The third kappa shape index (κ3) is 5.91. The lowest BCUT2D eigenvalue weighted by Gasteiger charge is -2.02. The monoisotopic (exact) mass is 215 g/mol. The molecule has 1 N–H and O–H groups in total. The van der Waals surface area contributed by atoms with E-state index in [-0.39, 0.29) is 12.6 Å². The number of benzene rings is 1. The lowest BCUT2D eigenvalue weighted by Crippen LogP contribution is -2.13. The molecule has 4 heteroatoms. The second kappa shape index (κ2) is 5.56. The van der Waals surface area contributed by atoms with Gasteiger partial charge in [-0.25, -0.2) is 0 Å². The van der Waals surface area contributed by atoms with E-state index in [0.717, 1.165) is 11.6 Å². The maximum Gasteiger partial charge on any atom is 0.409 e. The molecule has 0 bridgehead atoms. The third-order valence-corrected chi connectivity index (χ3v) is 1.74. The van der Waals surface area contributed by atoms with Crippen LogP contribution in [0.3, 0.4) is 0 Å². The van der Waals surface area contributed by atoms with Crippen molar-refractivity contribution in [3.8, 4) is 0 Å². The van der Waals surface area contributed by atoms with E-state index in [2.05, 4.69) is 5.32 Å². The van der Waals surface area contributed by atoms with Crippen molar-refractivity contribution in [3.63, 3.8) is 0 Å². The topological polar surface area (TPSA) is 12.0 Å². The first-order chi connectivity index (χ1) is 7.08. The number of hydrogen-bond acceptors (Lipinski definition) is 1. The van der Waals surface area contributed by atoms with Crippen LogP contribution < -0.4 is 5.32 Å². The molecule has 0 amide bonds. The van der Waals surface area contributed by atoms with Crippen LogP contribution in [0.4, 0.5) is 13.2 Å². The van der Waals surface area contributed by atoms with Crippen molar-refractivity contribution in [2.24, 2.45) is 0 Å². The Hall–Kier alpha value is -1.29. The Bertz CT molecular complexity index is 303. The molecular weight excluding hydrogens is 203 g/mol. The first-order valence-electron chi connectivity index (χ1n) is 4.57. The predicted molar refractivity (Wildman–Crippen MR) is 53.3 cm³/mol. The maximum absolute atomic E-state index is 11.7. The lowest BCUT2D eigenvalue weighted by molar-refractivity contribution is -0.0800. The number of halogens is 3. The minimum atomic E-state index is -4.21. The highest BCUT2D eigenvalue weighted by Crippen LogP contribution is 2.15. The van der Waals surface area contributed by atoms with E-state index < -0.39 is 6.18 Å². The minimum absolute atomic E-state index is 0.217. The van der Waals surface area contributed by atoms with Crippen LogP contribution >= 0.6 is 0 Å². The van der Waals surface area contributed by atoms with Crippen molar-refractivity contribution in [2.75, 3.05) is 6.54 Å². The van der Waals surface area contributed by atoms with Gasteiger partial charge in [-0.1, -0.05) is 36.4 Å². The molecule has 0 aliphatic carbocycles. The minimum Gasteiger partial charge on any atom is -0.309 e. The molecule has 0 saturated heterocycles. The van der Waals surface area contributed by atoms with Crippen molar-refractivity contribution >= 4 is 0 Å². The van der Waals surface area contributed by atoms with Gasteiger partial charge in [0.25, 0.3) is 0 Å². The van der Waals surface area contributed by atoms with Crippen molar-refractivity contribution in [2.45, 2.75) is 12.7 Å². The second-order valence-corrected chi connectivity index (χ2v) is 3.06. The molecule has 1 rings (SSSR count). The molecule has 1 aromatic rings. The Morgan fingerprint density at radius 3 is 2.40 bits per heavy atom. The molecule has 0 spiro atoms. The molecule has 0 fully saturated rings. The Kier molecular flexibility index (Phi) is 4.37. The SMILES string of the molecule is FC(F)(F)/C=C/CNCc1ccccc1. The smallest absolute Gasteiger partial charge is 0.309 e. The largest absolute Gasteiger partial charge is 0.409 e. The summed E-state index contributed by atoms with van der Waals surface area (Å²) < 4.78 is 35.1. The number of rotatable bonds is 4. The Morgan fingerprint density at radius 2 is 1.80 bits per heavy atom. The highest BCUT2D eigenvalue weighted by atomic mass is 19.4. The standard InChI is InChI=1S/C11H12F3N/c12-11(13,14)7-4-8-15-9-10-5-2-1-3-6-10/h1-7,15H,8-9H2/b7-4+. The van der Waals surface area contributed by atoms with Gasteiger partial charge in [-0.15, -0.1) is 0 Å². The summed E-state index contributed by atoms with van der Waals surface area (Å²) in [5, 5.41) is 2.89. The van der Waals surface area contributed by atoms with Crippen LogP contribution in [0.1, 0.15) is 5.56 Å². The van der Waals surface area contributed by atoms with Gasteiger partial charge in [0, 0.05) is 19.2 Å². The van der Waals surface area contributed by atoms with Gasteiger partial charge in [-0.2, -0.15) is 13.2 Å². The molecule has 0 aromatic heterocycles. The van der Waals surface area contributed by atoms with Gasteiger partial charge in [-0.3, -0.25) is 0 Å². The average molecular weight is 215 g/mol. The summed E-state index contributed by atoms with van der Waals surface area (Å²) in [6.07, 6.45) is -2.90. The summed E-state index contributed by atoms with van der Waals surface area (Å²) in [5.74, 6) is 0. The summed E-state index contributed by atoms with van der Waals surface area (Å²) in [6, 6.07) is 9.51. The van der Waals surface area contributed by atoms with Crippen LogP contribution in [0.5, 0.6) is 0 Å². The van der Waals surface area contributed by atoms with Crippen molar-refractivity contribution in [1.29, 1.82) is 0 Å². The molecule has 0 aliphatic heterocycles. The maximum atomic E-state index is 11.7. The zero-order valence-electron chi connectivity index (χ0n) is 8.09. The Morgan fingerprint density at radius 1 is 1.13 bits per heavy atom. The Labute approximate surface area is 86.6 Å². The Balaban J connectivity index is 2.21. The summed E-state index contributed by atoms with van der Waals surface area (Å²) in [5.41, 5.74) is 1.05. The zero-order chi connectivity index (χ0) is 11.1. The van der Waals surface area contributed by atoms with Gasteiger partial charge in [0.05, 0.1) is 0 Å². The highest BCUT2D eigenvalue weighted by Gasteiger charge is 2.21. The zero-order valence-corrected chi connectivity index (χ0v) is 8.09. The van der Waals surface area contributed by atoms with Gasteiger partial charge in [-0.05, 0) is 5.56 Å². The number of alkyl halides is 3. The molecular formula is C11H12F3N. The molecule has 1 aromatic carbocycles. The highest BCUT2D eigenvalue weighted by molar-refractivity contribution is 5.14. The van der Waals surface area contributed by atoms with Crippen LogP contribution in [0.15, 0.2) is 42.5 Å². The van der Waals surface area contributed by atoms with Crippen LogP contribution in [0.2, 0.25) is 0 Å². The average Bonchev–Trinajstić information content (AvgIpc) is 2.17. The second-order valence-electron chi connectivity index (χ2n) is 3.06. The summed E-state index contributed by atoms with van der Waals surface area (Å²) in [7, 11) is 0. The molecule has 0 radical (unpaired) electrons. The van der Waals surface area contributed by atoms with E-state index in [1.54, 1.807) is 0 Å². The fourth-order valence-electron chi connectivity index (χ4n) is 1.09. The van der Waals surface area contributed by atoms with E-state index in [0.29, 0.717) is 6.54 Å². The van der Waals surface area contributed by atoms with Gasteiger partial charge in [0.1, 0.15) is 0 Å². The predicted octanol–water partition coefficient (Wildman–Crippen LogP) is 2.89. The van der Waals surface area contributed by atoms with Crippen LogP contribution in [-0.2, 0) is 6.54 Å². The van der Waals surface area contributed by atoms with E-state index in [1.807, 2.05) is 30.3 Å². The van der Waals surface area contributed by atoms with Crippen molar-refractivity contribution < 1.29 is 13.2 Å². The lowest BCUT2D eigenvalue weighted by atomic mass is 10.2. The first kappa shape index (κ1) is 11.8. The van der Waals surface area contributed by atoms with E-state index in [9.17, 15) is 13.2 Å². The number of hydrogen-bond donors (Lipinski definition) is 1. The van der Waals surface area contributed by atoms with Gasteiger partial charge in [0.2, 0.25) is 0 Å². The molecule has 0 saturated carbocycles. The fraction of sp³-hybridized carbons (Fsp3) is 0.273. The molecule has 15 heavy (non-hydrogen) atoms. The number of allylic oxidation sites excluding steroid dienone is 1. The normalized spacial score (nSPS) is 12.2. The molecule has 82 valence electrons. The van der Waals surface area contributed by atoms with Crippen LogP contribution in [0.25, 0.3) is 0 Å². The molecule has 0 heterocycles. The summed E-state index contributed by atoms with van der Waals surface area (Å²) in [4.78, 5) is 0. The molecule has 0 unspecified atom stereocenters. The molecule has 0 aliphatic rings. The molecule has 0 atom stereocenters. The van der Waals surface area contributed by atoms with Crippen molar-refractivity contribution in [1.82, 2.24) is 5.32 Å². The van der Waals surface area contributed by atoms with Crippen LogP contribution in [0, 0.1) is 0 Å². The van der Waals surface area contributed by atoms with E-state index in [4.69, 9.17) is 0 Å². The van der Waals surface area contributed by atoms with E-state index >= 15 is 0 Å². The molecule has 1 nitrogen and oxygen atoms in total. The summed E-state index contributed by atoms with van der Waals surface area (Å²) in [6.45, 7) is 0.789. The van der Waals surface area contributed by atoms with Gasteiger partial charge >= 0.3 is 6.18 Å². The van der Waals surface area contributed by atoms with Gasteiger partial charge in [0.15, 0.2) is 0 Å².